The van der Waals surface area contributed by atoms with E-state index in [1.807, 2.05) is 13.8 Å². The molecule has 0 saturated carbocycles. The summed E-state index contributed by atoms with van der Waals surface area (Å²) in [6, 6.07) is 2.39. The summed E-state index contributed by atoms with van der Waals surface area (Å²) in [5, 5.41) is 2.44. The summed E-state index contributed by atoms with van der Waals surface area (Å²) in [5.41, 5.74) is 5.07. The van der Waals surface area contributed by atoms with Crippen molar-refractivity contribution in [1.82, 2.24) is 4.57 Å². The van der Waals surface area contributed by atoms with E-state index in [1.54, 1.807) is 6.07 Å². The summed E-state index contributed by atoms with van der Waals surface area (Å²) < 4.78 is 1.27. The highest BCUT2D eigenvalue weighted by Crippen LogP contribution is 2.16. The van der Waals surface area contributed by atoms with Gasteiger partial charge in [0.15, 0.2) is 0 Å². The molecule has 1 heterocycles. The number of hydrogen-bond acceptors (Lipinski definition) is 3. The number of rotatable bonds is 5. The number of carbonyl (C=O) groups is 2. The molecule has 0 radical (unpaired) electrons. The highest BCUT2D eigenvalue weighted by atomic mass is 16.2. The van der Waals surface area contributed by atoms with Gasteiger partial charge < -0.3 is 15.6 Å². The van der Waals surface area contributed by atoms with Crippen molar-refractivity contribution in [3.05, 3.63) is 28.7 Å². The van der Waals surface area contributed by atoms with E-state index in [0.29, 0.717) is 6.42 Å². The fourth-order valence-electron chi connectivity index (χ4n) is 1.85. The van der Waals surface area contributed by atoms with E-state index in [2.05, 4.69) is 5.32 Å². The van der Waals surface area contributed by atoms with Crippen molar-refractivity contribution in [2.45, 2.75) is 33.2 Å². The number of nitrogens with two attached hydrogens (primary N) is 1. The Hall–Kier alpha value is -2.11. The van der Waals surface area contributed by atoms with Gasteiger partial charge in [0, 0.05) is 13.1 Å². The zero-order valence-corrected chi connectivity index (χ0v) is 11.3. The number of carbonyl (C=O) groups excluding carboxylic acids is 2. The number of aromatic nitrogens is 1. The van der Waals surface area contributed by atoms with Crippen molar-refractivity contribution in [3.8, 4) is 0 Å². The Bertz CT molecular complexity index is 534. The molecule has 1 aromatic heterocycles. The van der Waals surface area contributed by atoms with E-state index in [-0.39, 0.29) is 17.5 Å². The highest BCUT2D eigenvalue weighted by molar-refractivity contribution is 5.88. The van der Waals surface area contributed by atoms with Gasteiger partial charge in [0.2, 0.25) is 11.8 Å². The third kappa shape index (κ3) is 3.94. The van der Waals surface area contributed by atoms with Crippen LogP contribution in [0.2, 0.25) is 0 Å². The largest absolute Gasteiger partial charge is 0.368 e. The molecule has 6 nitrogen and oxygen atoms in total. The lowest BCUT2D eigenvalue weighted by Crippen LogP contribution is -2.35. The monoisotopic (exact) mass is 265 g/mol. The number of pyridine rings is 1. The third-order valence-electron chi connectivity index (χ3n) is 2.64. The van der Waals surface area contributed by atoms with E-state index in [4.69, 9.17) is 5.73 Å². The first-order chi connectivity index (χ1) is 8.82. The molecule has 0 bridgehead atoms. The average molecular weight is 265 g/mol. The van der Waals surface area contributed by atoms with Gasteiger partial charge in [-0.15, -0.1) is 0 Å². The molecule has 0 aliphatic carbocycles. The molecule has 3 N–H and O–H groups in total. The van der Waals surface area contributed by atoms with Gasteiger partial charge in [0.05, 0.1) is 0 Å². The molecule has 1 unspecified atom stereocenters. The molecule has 0 aliphatic rings. The summed E-state index contributed by atoms with van der Waals surface area (Å²) in [4.78, 5) is 34.7. The summed E-state index contributed by atoms with van der Waals surface area (Å²) in [5.74, 6) is -0.682. The van der Waals surface area contributed by atoms with Crippen LogP contribution in [0.4, 0.5) is 5.69 Å². The van der Waals surface area contributed by atoms with E-state index >= 15 is 0 Å². The first-order valence-corrected chi connectivity index (χ1v) is 6.11. The molecule has 0 aliphatic heterocycles. The SMILES string of the molecule is CC(=O)Nc1cccn(C(CC(C)C)C(N)=O)c1=O. The number of hydrogen-bond donors (Lipinski definition) is 2. The second-order valence-electron chi connectivity index (χ2n) is 4.86. The van der Waals surface area contributed by atoms with Crippen LogP contribution in [-0.2, 0) is 9.59 Å². The maximum Gasteiger partial charge on any atom is 0.275 e. The smallest absolute Gasteiger partial charge is 0.275 e. The lowest BCUT2D eigenvalue weighted by Gasteiger charge is -2.19. The normalized spacial score (nSPS) is 12.2. The number of primary amides is 1. The first kappa shape index (κ1) is 14.9. The van der Waals surface area contributed by atoms with Gasteiger partial charge in [-0.25, -0.2) is 0 Å². The molecule has 2 amide bonds. The van der Waals surface area contributed by atoms with Gasteiger partial charge in [-0.05, 0) is 24.5 Å². The fraction of sp³-hybridized carbons (Fsp3) is 0.462. The highest BCUT2D eigenvalue weighted by Gasteiger charge is 2.21. The Morgan fingerprint density at radius 3 is 2.53 bits per heavy atom. The first-order valence-electron chi connectivity index (χ1n) is 6.11. The van der Waals surface area contributed by atoms with Crippen LogP contribution in [0.15, 0.2) is 23.1 Å². The maximum absolute atomic E-state index is 12.2. The second-order valence-corrected chi connectivity index (χ2v) is 4.86. The van der Waals surface area contributed by atoms with Crippen LogP contribution in [0, 0.1) is 5.92 Å². The molecule has 104 valence electrons. The maximum atomic E-state index is 12.2. The number of anilines is 1. The van der Waals surface area contributed by atoms with Crippen molar-refractivity contribution in [3.63, 3.8) is 0 Å². The van der Waals surface area contributed by atoms with Gasteiger partial charge in [0.1, 0.15) is 11.7 Å². The molecule has 1 aromatic rings. The topological polar surface area (TPSA) is 94.2 Å². The molecular weight excluding hydrogens is 246 g/mol. The summed E-state index contributed by atoms with van der Waals surface area (Å²) in [7, 11) is 0. The Labute approximate surface area is 111 Å². The predicted octanol–water partition coefficient (Wildman–Crippen LogP) is 0.879. The van der Waals surface area contributed by atoms with Crippen LogP contribution in [0.25, 0.3) is 0 Å². The van der Waals surface area contributed by atoms with Crippen molar-refractivity contribution in [2.24, 2.45) is 11.7 Å². The predicted molar refractivity (Wildman–Crippen MR) is 72.7 cm³/mol. The molecule has 0 aromatic carbocycles. The van der Waals surface area contributed by atoms with Crippen molar-refractivity contribution >= 4 is 17.5 Å². The Morgan fingerprint density at radius 1 is 1.42 bits per heavy atom. The van der Waals surface area contributed by atoms with E-state index < -0.39 is 17.5 Å². The fourth-order valence-corrected chi connectivity index (χ4v) is 1.85. The molecule has 1 atom stereocenters. The van der Waals surface area contributed by atoms with Crippen molar-refractivity contribution in [2.75, 3.05) is 5.32 Å². The second kappa shape index (κ2) is 6.17. The Kier molecular flexibility index (Phi) is 4.86. The molecule has 0 spiro atoms. The van der Waals surface area contributed by atoms with Gasteiger partial charge in [-0.1, -0.05) is 13.8 Å². The van der Waals surface area contributed by atoms with E-state index in [0.717, 1.165) is 0 Å². The van der Waals surface area contributed by atoms with E-state index in [9.17, 15) is 14.4 Å². The van der Waals surface area contributed by atoms with Crippen LogP contribution in [0.5, 0.6) is 0 Å². The average Bonchev–Trinajstić information content (AvgIpc) is 2.28. The minimum Gasteiger partial charge on any atom is -0.368 e. The molecule has 0 saturated heterocycles. The number of amides is 2. The molecule has 0 fully saturated rings. The number of nitrogens with one attached hydrogen (secondary N) is 1. The molecule has 19 heavy (non-hydrogen) atoms. The standard InChI is InChI=1S/C13H19N3O3/c1-8(2)7-11(12(14)18)16-6-4-5-10(13(16)19)15-9(3)17/h4-6,8,11H,7H2,1-3H3,(H2,14,18)(H,15,17). The summed E-state index contributed by atoms with van der Waals surface area (Å²) in [6.45, 7) is 5.20. The van der Waals surface area contributed by atoms with Gasteiger partial charge in [-0.2, -0.15) is 0 Å². The van der Waals surface area contributed by atoms with Crippen LogP contribution in [0.3, 0.4) is 0 Å². The number of nitrogens with zero attached hydrogens (tertiary/aromatic N) is 1. The summed E-state index contributed by atoms with van der Waals surface area (Å²) >= 11 is 0. The van der Waals surface area contributed by atoms with Crippen LogP contribution in [0.1, 0.15) is 33.2 Å². The minimum atomic E-state index is -0.707. The quantitative estimate of drug-likeness (QED) is 0.827. The Balaban J connectivity index is 3.21. The van der Waals surface area contributed by atoms with Crippen molar-refractivity contribution < 1.29 is 9.59 Å². The van der Waals surface area contributed by atoms with Gasteiger partial charge in [-0.3, -0.25) is 14.4 Å². The lowest BCUT2D eigenvalue weighted by molar-refractivity contribution is -0.121. The van der Waals surface area contributed by atoms with Crippen LogP contribution in [-0.4, -0.2) is 16.4 Å². The summed E-state index contributed by atoms with van der Waals surface area (Å²) in [6.07, 6.45) is 1.98. The van der Waals surface area contributed by atoms with Crippen LogP contribution >= 0.6 is 0 Å². The Morgan fingerprint density at radius 2 is 2.05 bits per heavy atom. The minimum absolute atomic E-state index is 0.144. The van der Waals surface area contributed by atoms with E-state index in [1.165, 1.54) is 23.8 Å². The molecule has 6 heteroatoms. The molecule has 1 rings (SSSR count). The molecular formula is C13H19N3O3. The van der Waals surface area contributed by atoms with Crippen molar-refractivity contribution in [1.29, 1.82) is 0 Å². The van der Waals surface area contributed by atoms with Crippen LogP contribution < -0.4 is 16.6 Å². The zero-order chi connectivity index (χ0) is 14.6. The van der Waals surface area contributed by atoms with Gasteiger partial charge in [0.25, 0.3) is 5.56 Å². The van der Waals surface area contributed by atoms with Gasteiger partial charge >= 0.3 is 0 Å². The zero-order valence-electron chi connectivity index (χ0n) is 11.3. The lowest BCUT2D eigenvalue weighted by atomic mass is 10.0. The third-order valence-corrected chi connectivity index (χ3v) is 2.64.